The van der Waals surface area contributed by atoms with E-state index in [0.29, 0.717) is 0 Å². The Bertz CT molecular complexity index is 94.6. The predicted octanol–water partition coefficient (Wildman–Crippen LogP) is 4.39. The SMILES string of the molecule is CC1CCCCCCCC(C)C1. The highest BCUT2D eigenvalue weighted by atomic mass is 14.2. The summed E-state index contributed by atoms with van der Waals surface area (Å²) in [6.07, 6.45) is 11.8. The van der Waals surface area contributed by atoms with Gasteiger partial charge in [-0.2, -0.15) is 0 Å². The minimum Gasteiger partial charge on any atom is -0.0625 e. The Labute approximate surface area is 77.7 Å². The molecule has 0 heteroatoms. The highest BCUT2D eigenvalue weighted by molar-refractivity contribution is 4.62. The second-order valence-corrected chi connectivity index (χ2v) is 4.79. The van der Waals surface area contributed by atoms with E-state index >= 15 is 0 Å². The summed E-state index contributed by atoms with van der Waals surface area (Å²) in [5.74, 6) is 1.97. The van der Waals surface area contributed by atoms with E-state index in [4.69, 9.17) is 0 Å². The van der Waals surface area contributed by atoms with E-state index in [0.717, 1.165) is 11.8 Å². The monoisotopic (exact) mass is 168 g/mol. The molecule has 0 amide bonds. The zero-order valence-electron chi connectivity index (χ0n) is 8.81. The van der Waals surface area contributed by atoms with Crippen molar-refractivity contribution in [3.63, 3.8) is 0 Å². The van der Waals surface area contributed by atoms with Gasteiger partial charge in [-0.25, -0.2) is 0 Å². The number of hydrogen-bond donors (Lipinski definition) is 0. The smallest absolute Gasteiger partial charge is 0.0440 e. The Morgan fingerprint density at radius 1 is 0.667 bits per heavy atom. The third-order valence-electron chi connectivity index (χ3n) is 3.20. The lowest BCUT2D eigenvalue weighted by molar-refractivity contribution is 0.343. The van der Waals surface area contributed by atoms with Crippen molar-refractivity contribution in [2.45, 2.75) is 65.2 Å². The molecule has 1 fully saturated rings. The van der Waals surface area contributed by atoms with Gasteiger partial charge in [0.1, 0.15) is 0 Å². The molecule has 72 valence electrons. The van der Waals surface area contributed by atoms with Crippen LogP contribution in [0.15, 0.2) is 0 Å². The van der Waals surface area contributed by atoms with E-state index in [2.05, 4.69) is 13.8 Å². The summed E-state index contributed by atoms with van der Waals surface area (Å²) >= 11 is 0. The Kier molecular flexibility index (Phi) is 4.72. The third-order valence-corrected chi connectivity index (χ3v) is 3.20. The van der Waals surface area contributed by atoms with E-state index < -0.39 is 0 Å². The van der Waals surface area contributed by atoms with Gasteiger partial charge in [0.25, 0.3) is 0 Å². The molecule has 0 aromatic rings. The van der Waals surface area contributed by atoms with Gasteiger partial charge in [0, 0.05) is 0 Å². The van der Waals surface area contributed by atoms with Gasteiger partial charge in [-0.3, -0.25) is 0 Å². The van der Waals surface area contributed by atoms with Crippen LogP contribution in [0.3, 0.4) is 0 Å². The fraction of sp³-hybridized carbons (Fsp3) is 1.00. The maximum atomic E-state index is 2.43. The van der Waals surface area contributed by atoms with Crippen molar-refractivity contribution in [1.82, 2.24) is 0 Å². The van der Waals surface area contributed by atoms with Crippen LogP contribution in [0.25, 0.3) is 0 Å². The molecule has 12 heavy (non-hydrogen) atoms. The van der Waals surface area contributed by atoms with Crippen molar-refractivity contribution in [2.75, 3.05) is 0 Å². The molecule has 0 aromatic carbocycles. The van der Waals surface area contributed by atoms with E-state index in [9.17, 15) is 0 Å². The zero-order valence-corrected chi connectivity index (χ0v) is 8.81. The average molecular weight is 168 g/mol. The first-order valence-electron chi connectivity index (χ1n) is 5.79. The van der Waals surface area contributed by atoms with E-state index in [1.54, 1.807) is 0 Å². The lowest BCUT2D eigenvalue weighted by Crippen LogP contribution is -2.04. The van der Waals surface area contributed by atoms with Gasteiger partial charge in [-0.15, -0.1) is 0 Å². The van der Waals surface area contributed by atoms with Crippen molar-refractivity contribution in [3.8, 4) is 0 Å². The molecule has 1 rings (SSSR count). The second kappa shape index (κ2) is 5.61. The van der Waals surface area contributed by atoms with Gasteiger partial charge in [0.05, 0.1) is 0 Å². The molecule has 2 atom stereocenters. The molecule has 0 saturated heterocycles. The average Bonchev–Trinajstić information content (AvgIpc) is 2.02. The van der Waals surface area contributed by atoms with Crippen LogP contribution >= 0.6 is 0 Å². The quantitative estimate of drug-likeness (QED) is 0.503. The normalized spacial score (nSPS) is 34.5. The molecule has 1 saturated carbocycles. The lowest BCUT2D eigenvalue weighted by atomic mass is 9.88. The van der Waals surface area contributed by atoms with Gasteiger partial charge in [0.2, 0.25) is 0 Å². The largest absolute Gasteiger partial charge is 0.0625 e. The Morgan fingerprint density at radius 3 is 1.58 bits per heavy atom. The van der Waals surface area contributed by atoms with E-state index in [-0.39, 0.29) is 0 Å². The molecule has 0 bridgehead atoms. The van der Waals surface area contributed by atoms with Crippen LogP contribution in [0.2, 0.25) is 0 Å². The van der Waals surface area contributed by atoms with Crippen LogP contribution in [0.5, 0.6) is 0 Å². The molecule has 0 heterocycles. The topological polar surface area (TPSA) is 0 Å². The highest BCUT2D eigenvalue weighted by Gasteiger charge is 2.09. The van der Waals surface area contributed by atoms with Crippen molar-refractivity contribution < 1.29 is 0 Å². The number of rotatable bonds is 0. The molecule has 0 aromatic heterocycles. The van der Waals surface area contributed by atoms with Gasteiger partial charge in [-0.05, 0) is 18.3 Å². The van der Waals surface area contributed by atoms with E-state index in [1.165, 1.54) is 51.4 Å². The maximum Gasteiger partial charge on any atom is -0.0440 e. The molecular weight excluding hydrogens is 144 g/mol. The Morgan fingerprint density at radius 2 is 1.08 bits per heavy atom. The first-order chi connectivity index (χ1) is 5.79. The fourth-order valence-electron chi connectivity index (χ4n) is 2.44. The predicted molar refractivity (Wildman–Crippen MR) is 55.3 cm³/mol. The molecule has 0 spiro atoms. The second-order valence-electron chi connectivity index (χ2n) is 4.79. The summed E-state index contributed by atoms with van der Waals surface area (Å²) in [7, 11) is 0. The molecular formula is C12H24. The van der Waals surface area contributed by atoms with Crippen molar-refractivity contribution in [3.05, 3.63) is 0 Å². The van der Waals surface area contributed by atoms with Gasteiger partial charge in [-0.1, -0.05) is 58.8 Å². The van der Waals surface area contributed by atoms with Crippen molar-refractivity contribution in [2.24, 2.45) is 11.8 Å². The summed E-state index contributed by atoms with van der Waals surface area (Å²) < 4.78 is 0. The van der Waals surface area contributed by atoms with Crippen LogP contribution in [0, 0.1) is 11.8 Å². The number of hydrogen-bond acceptors (Lipinski definition) is 0. The Hall–Kier alpha value is 0. The fourth-order valence-corrected chi connectivity index (χ4v) is 2.44. The van der Waals surface area contributed by atoms with Crippen LogP contribution in [0.1, 0.15) is 65.2 Å². The lowest BCUT2D eigenvalue weighted by Gasteiger charge is -2.18. The molecule has 1 aliphatic carbocycles. The summed E-state index contributed by atoms with van der Waals surface area (Å²) in [6, 6.07) is 0. The summed E-state index contributed by atoms with van der Waals surface area (Å²) in [5, 5.41) is 0. The zero-order chi connectivity index (χ0) is 8.81. The molecule has 2 unspecified atom stereocenters. The summed E-state index contributed by atoms with van der Waals surface area (Å²) in [5.41, 5.74) is 0. The first kappa shape index (κ1) is 10.1. The summed E-state index contributed by atoms with van der Waals surface area (Å²) in [6.45, 7) is 4.86. The summed E-state index contributed by atoms with van der Waals surface area (Å²) in [4.78, 5) is 0. The van der Waals surface area contributed by atoms with Gasteiger partial charge < -0.3 is 0 Å². The standard InChI is InChI=1S/C12H24/c1-11-8-6-4-3-5-7-9-12(2)10-11/h11-12H,3-10H2,1-2H3. The van der Waals surface area contributed by atoms with Crippen LogP contribution in [-0.2, 0) is 0 Å². The minimum absolute atomic E-state index is 0.984. The molecule has 0 nitrogen and oxygen atoms in total. The molecule has 0 N–H and O–H groups in total. The van der Waals surface area contributed by atoms with Gasteiger partial charge in [0.15, 0.2) is 0 Å². The van der Waals surface area contributed by atoms with Crippen LogP contribution < -0.4 is 0 Å². The van der Waals surface area contributed by atoms with Crippen molar-refractivity contribution in [1.29, 1.82) is 0 Å². The first-order valence-corrected chi connectivity index (χ1v) is 5.79. The maximum absolute atomic E-state index is 2.43. The Balaban J connectivity index is 2.24. The van der Waals surface area contributed by atoms with Crippen molar-refractivity contribution >= 4 is 0 Å². The van der Waals surface area contributed by atoms with Crippen LogP contribution in [-0.4, -0.2) is 0 Å². The van der Waals surface area contributed by atoms with E-state index in [1.807, 2.05) is 0 Å². The highest BCUT2D eigenvalue weighted by Crippen LogP contribution is 2.24. The molecule has 0 radical (unpaired) electrons. The molecule has 0 aliphatic heterocycles. The van der Waals surface area contributed by atoms with Gasteiger partial charge >= 0.3 is 0 Å². The molecule has 1 aliphatic rings. The minimum atomic E-state index is 0.984. The third kappa shape index (κ3) is 4.13. The van der Waals surface area contributed by atoms with Crippen LogP contribution in [0.4, 0.5) is 0 Å².